The van der Waals surface area contributed by atoms with E-state index in [2.05, 4.69) is 56.8 Å². The lowest BCUT2D eigenvalue weighted by atomic mass is 9.87. The summed E-state index contributed by atoms with van der Waals surface area (Å²) in [7, 11) is 0. The van der Waals surface area contributed by atoms with Crippen molar-refractivity contribution in [1.29, 1.82) is 0 Å². The first-order chi connectivity index (χ1) is 14.4. The van der Waals surface area contributed by atoms with Crippen molar-refractivity contribution in [3.8, 4) is 16.8 Å². The molecule has 30 heavy (non-hydrogen) atoms. The van der Waals surface area contributed by atoms with Crippen molar-refractivity contribution < 1.29 is 13.5 Å². The molecule has 0 N–H and O–H groups in total. The van der Waals surface area contributed by atoms with E-state index in [1.807, 2.05) is 41.1 Å². The van der Waals surface area contributed by atoms with Crippen LogP contribution in [0.25, 0.3) is 16.8 Å². The van der Waals surface area contributed by atoms with Gasteiger partial charge >= 0.3 is 0 Å². The zero-order chi connectivity index (χ0) is 21.6. The van der Waals surface area contributed by atoms with Crippen molar-refractivity contribution in [3.63, 3.8) is 0 Å². The Kier molecular flexibility index (Phi) is 7.36. The molecule has 0 aliphatic heterocycles. The highest BCUT2D eigenvalue weighted by molar-refractivity contribution is 5.61. The molecule has 0 bridgehead atoms. The second-order valence-corrected chi connectivity index (χ2v) is 9.15. The van der Waals surface area contributed by atoms with Gasteiger partial charge in [-0.2, -0.15) is 8.96 Å². The van der Waals surface area contributed by atoms with E-state index in [4.69, 9.17) is 0 Å². The van der Waals surface area contributed by atoms with Gasteiger partial charge in [0.15, 0.2) is 24.4 Å². The van der Waals surface area contributed by atoms with Crippen LogP contribution in [0.5, 0.6) is 0 Å². The average molecular weight is 407 g/mol. The fourth-order valence-corrected chi connectivity index (χ4v) is 3.68. The standard InChI is InChI=1S/C27H35FN2/c1-5-6-7-8-9-17-29-18-14-22(15-19-29)25-16-20-30(21-26(25)28)24-12-10-23(11-13-24)27(2,3)4/h10-16,18-21H,5-9,17H2,1-4H3/q+2. The molecule has 158 valence electrons. The van der Waals surface area contributed by atoms with Gasteiger partial charge in [-0.1, -0.05) is 59.1 Å². The lowest BCUT2D eigenvalue weighted by Gasteiger charge is -2.18. The van der Waals surface area contributed by atoms with Crippen LogP contribution in [0, 0.1) is 5.82 Å². The summed E-state index contributed by atoms with van der Waals surface area (Å²) >= 11 is 0. The summed E-state index contributed by atoms with van der Waals surface area (Å²) in [5, 5.41) is 0. The molecule has 0 unspecified atom stereocenters. The molecule has 0 amide bonds. The largest absolute Gasteiger partial charge is 0.211 e. The van der Waals surface area contributed by atoms with Crippen LogP contribution < -0.4 is 9.13 Å². The molecule has 0 saturated carbocycles. The Balaban J connectivity index is 1.69. The maximum absolute atomic E-state index is 14.9. The number of aryl methyl sites for hydroxylation is 1. The molecule has 0 aliphatic carbocycles. The van der Waals surface area contributed by atoms with Gasteiger partial charge in [-0.05, 0) is 23.0 Å². The molecule has 0 fully saturated rings. The topological polar surface area (TPSA) is 7.76 Å². The molecule has 3 rings (SSSR count). The van der Waals surface area contributed by atoms with E-state index in [1.54, 1.807) is 6.20 Å². The van der Waals surface area contributed by atoms with Crippen LogP contribution in [0.2, 0.25) is 0 Å². The molecule has 0 radical (unpaired) electrons. The lowest BCUT2D eigenvalue weighted by Crippen LogP contribution is -2.32. The first-order valence-corrected chi connectivity index (χ1v) is 11.2. The third kappa shape index (κ3) is 5.75. The fraction of sp³-hybridized carbons (Fsp3) is 0.407. The summed E-state index contributed by atoms with van der Waals surface area (Å²) < 4.78 is 18.9. The Morgan fingerprint density at radius 2 is 1.47 bits per heavy atom. The molecule has 1 aromatic carbocycles. The van der Waals surface area contributed by atoms with E-state index < -0.39 is 0 Å². The summed E-state index contributed by atoms with van der Waals surface area (Å²) in [5.41, 5.74) is 3.88. The summed E-state index contributed by atoms with van der Waals surface area (Å²) in [6.07, 6.45) is 14.0. The number of unbranched alkanes of at least 4 members (excludes halogenated alkanes) is 4. The smallest absolute Gasteiger partial charge is 0.205 e. The number of halogens is 1. The summed E-state index contributed by atoms with van der Waals surface area (Å²) in [4.78, 5) is 0. The van der Waals surface area contributed by atoms with Gasteiger partial charge in [0.25, 0.3) is 0 Å². The summed E-state index contributed by atoms with van der Waals surface area (Å²) in [5.74, 6) is -0.213. The van der Waals surface area contributed by atoms with E-state index in [0.29, 0.717) is 5.56 Å². The number of aromatic nitrogens is 2. The van der Waals surface area contributed by atoms with Crippen molar-refractivity contribution in [2.75, 3.05) is 0 Å². The zero-order valence-electron chi connectivity index (χ0n) is 18.9. The third-order valence-electron chi connectivity index (χ3n) is 5.67. The first-order valence-electron chi connectivity index (χ1n) is 11.2. The van der Waals surface area contributed by atoms with Crippen molar-refractivity contribution in [3.05, 3.63) is 78.6 Å². The van der Waals surface area contributed by atoms with Crippen LogP contribution in [0.15, 0.2) is 67.3 Å². The van der Waals surface area contributed by atoms with Crippen LogP contribution in [0.3, 0.4) is 0 Å². The monoisotopic (exact) mass is 406 g/mol. The molecular formula is C27H35FN2+2. The molecule has 0 spiro atoms. The fourth-order valence-electron chi connectivity index (χ4n) is 3.68. The van der Waals surface area contributed by atoms with Gasteiger partial charge in [0.2, 0.25) is 11.9 Å². The molecule has 3 heteroatoms. The predicted molar refractivity (Wildman–Crippen MR) is 121 cm³/mol. The van der Waals surface area contributed by atoms with E-state index in [-0.39, 0.29) is 11.2 Å². The van der Waals surface area contributed by atoms with Gasteiger partial charge in [-0.15, -0.1) is 0 Å². The molecule has 3 aromatic rings. The molecular weight excluding hydrogens is 371 g/mol. The minimum absolute atomic E-state index is 0.109. The normalized spacial score (nSPS) is 11.6. The third-order valence-corrected chi connectivity index (χ3v) is 5.67. The van der Waals surface area contributed by atoms with E-state index in [1.165, 1.54) is 37.7 Å². The Morgan fingerprint density at radius 1 is 0.800 bits per heavy atom. The first kappa shape index (κ1) is 22.1. The highest BCUT2D eigenvalue weighted by atomic mass is 19.1. The molecule has 2 heterocycles. The van der Waals surface area contributed by atoms with Gasteiger partial charge < -0.3 is 0 Å². The van der Waals surface area contributed by atoms with Gasteiger partial charge in [-0.3, -0.25) is 0 Å². The highest BCUT2D eigenvalue weighted by Crippen LogP contribution is 2.23. The second-order valence-electron chi connectivity index (χ2n) is 9.15. The Morgan fingerprint density at radius 3 is 2.07 bits per heavy atom. The van der Waals surface area contributed by atoms with E-state index in [9.17, 15) is 4.39 Å². The molecule has 0 aliphatic rings. The minimum Gasteiger partial charge on any atom is -0.205 e. The second kappa shape index (κ2) is 9.97. The summed E-state index contributed by atoms with van der Waals surface area (Å²) in [6, 6.07) is 14.2. The summed E-state index contributed by atoms with van der Waals surface area (Å²) in [6.45, 7) is 9.84. The number of pyridine rings is 2. The van der Waals surface area contributed by atoms with E-state index in [0.717, 1.165) is 17.8 Å². The molecule has 2 nitrogen and oxygen atoms in total. The van der Waals surface area contributed by atoms with Crippen LogP contribution in [-0.2, 0) is 12.0 Å². The Labute approximate surface area is 181 Å². The van der Waals surface area contributed by atoms with Crippen molar-refractivity contribution in [2.45, 2.75) is 71.8 Å². The van der Waals surface area contributed by atoms with Crippen LogP contribution in [0.1, 0.15) is 65.4 Å². The maximum Gasteiger partial charge on any atom is 0.211 e. The number of hydrogen-bond acceptors (Lipinski definition) is 0. The number of nitrogens with zero attached hydrogens (tertiary/aromatic N) is 2. The van der Waals surface area contributed by atoms with E-state index >= 15 is 0 Å². The van der Waals surface area contributed by atoms with Gasteiger partial charge in [0.1, 0.15) is 6.54 Å². The Hall–Kier alpha value is -2.55. The highest BCUT2D eigenvalue weighted by Gasteiger charge is 2.17. The average Bonchev–Trinajstić information content (AvgIpc) is 2.74. The van der Waals surface area contributed by atoms with Crippen LogP contribution in [-0.4, -0.2) is 0 Å². The molecule has 2 aromatic heterocycles. The SMILES string of the molecule is CCCCCCC[n+]1ccc(-c2cc[n+](-c3ccc(C(C)(C)C)cc3)cc2F)cc1. The van der Waals surface area contributed by atoms with Crippen LogP contribution in [0.4, 0.5) is 4.39 Å². The number of rotatable bonds is 8. The molecule has 0 saturated heterocycles. The van der Waals surface area contributed by atoms with Gasteiger partial charge in [0.05, 0.1) is 0 Å². The van der Waals surface area contributed by atoms with Crippen molar-refractivity contribution in [2.24, 2.45) is 0 Å². The van der Waals surface area contributed by atoms with Crippen LogP contribution >= 0.6 is 0 Å². The maximum atomic E-state index is 14.9. The quantitative estimate of drug-likeness (QED) is 0.305. The zero-order valence-corrected chi connectivity index (χ0v) is 18.9. The van der Waals surface area contributed by atoms with Gasteiger partial charge in [0, 0.05) is 42.3 Å². The molecule has 0 atom stereocenters. The van der Waals surface area contributed by atoms with Crippen molar-refractivity contribution in [1.82, 2.24) is 0 Å². The predicted octanol–water partition coefficient (Wildman–Crippen LogP) is 6.32. The lowest BCUT2D eigenvalue weighted by molar-refractivity contribution is -0.697. The Bertz CT molecular complexity index is 938. The van der Waals surface area contributed by atoms with Gasteiger partial charge in [-0.25, -0.2) is 4.57 Å². The minimum atomic E-state index is -0.213. The number of benzene rings is 1. The number of hydrogen-bond donors (Lipinski definition) is 0. The van der Waals surface area contributed by atoms with Crippen molar-refractivity contribution >= 4 is 0 Å².